The Bertz CT molecular complexity index is 325. The van der Waals surface area contributed by atoms with Crippen molar-refractivity contribution in [3.8, 4) is 5.75 Å². The summed E-state index contributed by atoms with van der Waals surface area (Å²) in [6.45, 7) is 4.08. The summed E-state index contributed by atoms with van der Waals surface area (Å²) in [6, 6.07) is 7.87. The molecule has 1 rings (SSSR count). The van der Waals surface area contributed by atoms with E-state index < -0.39 is 0 Å². The molecular formula is C13H18O4. The molecule has 1 aromatic rings. The van der Waals surface area contributed by atoms with Crippen LogP contribution in [0.25, 0.3) is 0 Å². The molecule has 0 spiro atoms. The molecule has 1 aromatic carbocycles. The number of carbonyl (C=O) groups is 1. The van der Waals surface area contributed by atoms with E-state index in [1.54, 1.807) is 0 Å². The lowest BCUT2D eigenvalue weighted by Crippen LogP contribution is -2.11. The van der Waals surface area contributed by atoms with Crippen molar-refractivity contribution >= 4 is 6.29 Å². The van der Waals surface area contributed by atoms with Crippen molar-refractivity contribution in [3.05, 3.63) is 29.8 Å². The Hall–Kier alpha value is -1.39. The molecule has 0 bridgehead atoms. The van der Waals surface area contributed by atoms with Gasteiger partial charge in [-0.1, -0.05) is 12.1 Å². The summed E-state index contributed by atoms with van der Waals surface area (Å²) in [5.41, 5.74) is 1.17. The smallest absolute Gasteiger partial charge is 0.145 e. The van der Waals surface area contributed by atoms with Crippen LogP contribution in [0.3, 0.4) is 0 Å². The van der Waals surface area contributed by atoms with Crippen LogP contribution in [-0.2, 0) is 14.3 Å². The molecule has 4 nitrogen and oxygen atoms in total. The third-order valence-corrected chi connectivity index (χ3v) is 2.04. The summed E-state index contributed by atoms with van der Waals surface area (Å²) in [4.78, 5) is 9.94. The molecule has 0 aliphatic heterocycles. The molecule has 4 heteroatoms. The predicted molar refractivity (Wildman–Crippen MR) is 64.4 cm³/mol. The number of aryl methyl sites for hydroxylation is 1. The van der Waals surface area contributed by atoms with E-state index in [0.717, 1.165) is 12.0 Å². The predicted octanol–water partition coefficient (Wildman–Crippen LogP) is 1.61. The van der Waals surface area contributed by atoms with Crippen LogP contribution >= 0.6 is 0 Å². The zero-order valence-electron chi connectivity index (χ0n) is 10.1. The second-order valence-electron chi connectivity index (χ2n) is 3.52. The van der Waals surface area contributed by atoms with Crippen molar-refractivity contribution in [2.45, 2.75) is 6.92 Å². The lowest BCUT2D eigenvalue weighted by Gasteiger charge is -2.07. The van der Waals surface area contributed by atoms with Crippen molar-refractivity contribution in [3.63, 3.8) is 0 Å². The van der Waals surface area contributed by atoms with Gasteiger partial charge in [0.2, 0.25) is 0 Å². The maximum atomic E-state index is 9.94. The van der Waals surface area contributed by atoms with Gasteiger partial charge in [-0.15, -0.1) is 0 Å². The molecule has 17 heavy (non-hydrogen) atoms. The van der Waals surface area contributed by atoms with Gasteiger partial charge in [-0.25, -0.2) is 0 Å². The van der Waals surface area contributed by atoms with Gasteiger partial charge in [0.25, 0.3) is 0 Å². The van der Waals surface area contributed by atoms with Crippen molar-refractivity contribution in [2.75, 3.05) is 33.0 Å². The molecule has 0 heterocycles. The van der Waals surface area contributed by atoms with Gasteiger partial charge in [-0.3, -0.25) is 0 Å². The van der Waals surface area contributed by atoms with Gasteiger partial charge in [0.15, 0.2) is 0 Å². The summed E-state index contributed by atoms with van der Waals surface area (Å²) in [6.07, 6.45) is 0.723. The fourth-order valence-electron chi connectivity index (χ4n) is 1.27. The molecule has 94 valence electrons. The van der Waals surface area contributed by atoms with E-state index >= 15 is 0 Å². The minimum Gasteiger partial charge on any atom is -0.491 e. The van der Waals surface area contributed by atoms with Gasteiger partial charge < -0.3 is 19.0 Å². The van der Waals surface area contributed by atoms with Crippen molar-refractivity contribution < 1.29 is 19.0 Å². The SMILES string of the molecule is Cc1cccc(OCCOCCOCC=O)c1. The average molecular weight is 238 g/mol. The molecule has 0 saturated carbocycles. The number of ether oxygens (including phenoxy) is 3. The van der Waals surface area contributed by atoms with E-state index in [1.807, 2.05) is 31.2 Å². The molecule has 0 unspecified atom stereocenters. The maximum Gasteiger partial charge on any atom is 0.145 e. The molecule has 0 amide bonds. The first-order valence-corrected chi connectivity index (χ1v) is 5.61. The summed E-state index contributed by atoms with van der Waals surface area (Å²) in [5.74, 6) is 0.853. The monoisotopic (exact) mass is 238 g/mol. The van der Waals surface area contributed by atoms with Crippen LogP contribution in [0.1, 0.15) is 5.56 Å². The zero-order chi connectivity index (χ0) is 12.3. The average Bonchev–Trinajstić information content (AvgIpc) is 2.33. The van der Waals surface area contributed by atoms with Crippen molar-refractivity contribution in [1.82, 2.24) is 0 Å². The number of hydrogen-bond donors (Lipinski definition) is 0. The topological polar surface area (TPSA) is 44.8 Å². The highest BCUT2D eigenvalue weighted by Crippen LogP contribution is 2.11. The Morgan fingerprint density at radius 1 is 1.12 bits per heavy atom. The first kappa shape index (κ1) is 13.7. The number of benzene rings is 1. The van der Waals surface area contributed by atoms with Gasteiger partial charge in [0.1, 0.15) is 25.2 Å². The minimum absolute atomic E-state index is 0.128. The van der Waals surface area contributed by atoms with E-state index in [4.69, 9.17) is 14.2 Å². The zero-order valence-corrected chi connectivity index (χ0v) is 10.1. The summed E-state index contributed by atoms with van der Waals surface area (Å²) in [7, 11) is 0. The quantitative estimate of drug-likeness (QED) is 0.484. The van der Waals surface area contributed by atoms with Crippen molar-refractivity contribution in [1.29, 1.82) is 0 Å². The van der Waals surface area contributed by atoms with Crippen LogP contribution in [0.5, 0.6) is 5.75 Å². The third-order valence-electron chi connectivity index (χ3n) is 2.04. The molecule has 0 aliphatic carbocycles. The van der Waals surface area contributed by atoms with Crippen LogP contribution in [0.2, 0.25) is 0 Å². The fourth-order valence-corrected chi connectivity index (χ4v) is 1.27. The largest absolute Gasteiger partial charge is 0.491 e. The molecule has 0 N–H and O–H groups in total. The first-order chi connectivity index (χ1) is 8.33. The van der Waals surface area contributed by atoms with Gasteiger partial charge in [0.05, 0.1) is 19.8 Å². The third kappa shape index (κ3) is 6.71. The summed E-state index contributed by atoms with van der Waals surface area (Å²) >= 11 is 0. The normalized spacial score (nSPS) is 10.2. The van der Waals surface area contributed by atoms with E-state index in [1.165, 1.54) is 5.56 Å². The molecule has 0 atom stereocenters. The van der Waals surface area contributed by atoms with E-state index in [9.17, 15) is 4.79 Å². The van der Waals surface area contributed by atoms with Crippen LogP contribution in [0, 0.1) is 6.92 Å². The van der Waals surface area contributed by atoms with E-state index in [0.29, 0.717) is 26.4 Å². The molecule has 0 fully saturated rings. The molecule has 0 radical (unpaired) electrons. The van der Waals surface area contributed by atoms with Crippen molar-refractivity contribution in [2.24, 2.45) is 0 Å². The lowest BCUT2D eigenvalue weighted by atomic mass is 10.2. The Kier molecular flexibility index (Phi) is 7.02. The van der Waals surface area contributed by atoms with Gasteiger partial charge >= 0.3 is 0 Å². The maximum absolute atomic E-state index is 9.94. The summed E-state index contributed by atoms with van der Waals surface area (Å²) < 4.78 is 15.7. The van der Waals surface area contributed by atoms with E-state index in [-0.39, 0.29) is 6.61 Å². The Morgan fingerprint density at radius 3 is 2.65 bits per heavy atom. The van der Waals surface area contributed by atoms with Crippen LogP contribution in [0.4, 0.5) is 0 Å². The van der Waals surface area contributed by atoms with Gasteiger partial charge in [-0.05, 0) is 24.6 Å². The molecule has 0 aromatic heterocycles. The van der Waals surface area contributed by atoms with Gasteiger partial charge in [0, 0.05) is 0 Å². The number of rotatable bonds is 9. The second kappa shape index (κ2) is 8.73. The highest BCUT2D eigenvalue weighted by Gasteiger charge is 1.94. The summed E-state index contributed by atoms with van der Waals surface area (Å²) in [5, 5.41) is 0. The number of carbonyl (C=O) groups excluding carboxylic acids is 1. The highest BCUT2D eigenvalue weighted by molar-refractivity contribution is 5.50. The van der Waals surface area contributed by atoms with Gasteiger partial charge in [-0.2, -0.15) is 0 Å². The van der Waals surface area contributed by atoms with Crippen LogP contribution in [0.15, 0.2) is 24.3 Å². The Labute approximate surface area is 101 Å². The number of aldehydes is 1. The molecule has 0 saturated heterocycles. The molecule has 0 aliphatic rings. The number of hydrogen-bond acceptors (Lipinski definition) is 4. The second-order valence-corrected chi connectivity index (χ2v) is 3.52. The minimum atomic E-state index is 0.128. The molecular weight excluding hydrogens is 220 g/mol. The van der Waals surface area contributed by atoms with Crippen LogP contribution < -0.4 is 4.74 Å². The highest BCUT2D eigenvalue weighted by atomic mass is 16.5. The van der Waals surface area contributed by atoms with E-state index in [2.05, 4.69) is 0 Å². The first-order valence-electron chi connectivity index (χ1n) is 5.61. The standard InChI is InChI=1S/C13H18O4/c1-12-3-2-4-13(11-12)17-10-9-16-8-7-15-6-5-14/h2-5,11H,6-10H2,1H3. The van der Waals surface area contributed by atoms with Crippen LogP contribution in [-0.4, -0.2) is 39.3 Å². The lowest BCUT2D eigenvalue weighted by molar-refractivity contribution is -0.112. The Morgan fingerprint density at radius 2 is 1.88 bits per heavy atom. The fraction of sp³-hybridized carbons (Fsp3) is 0.462. The Balaban J connectivity index is 1.99.